The predicted molar refractivity (Wildman–Crippen MR) is 153 cm³/mol. The van der Waals surface area contributed by atoms with Gasteiger partial charge in [-0.2, -0.15) is 0 Å². The third-order valence-corrected chi connectivity index (χ3v) is 8.05. The molecule has 43 heavy (non-hydrogen) atoms. The molecule has 0 bridgehead atoms. The zero-order valence-corrected chi connectivity index (χ0v) is 23.8. The van der Waals surface area contributed by atoms with Gasteiger partial charge < -0.3 is 14.5 Å². The van der Waals surface area contributed by atoms with Gasteiger partial charge in [0.15, 0.2) is 16.3 Å². The van der Waals surface area contributed by atoms with Crippen LogP contribution in [0.25, 0.3) is 22.2 Å². The van der Waals surface area contributed by atoms with E-state index in [4.69, 9.17) is 4.74 Å². The summed E-state index contributed by atoms with van der Waals surface area (Å²) in [5.41, 5.74) is 1.21. The van der Waals surface area contributed by atoms with Crippen molar-refractivity contribution in [2.45, 2.75) is 11.8 Å². The topological polar surface area (TPSA) is 148 Å². The standard InChI is InChI=1S/C28H25F2N7O5S/c1-17(38)6-7-24(39)36-8-10-37(11-9-36)27-20-12-18(14-31-26(20)33-16-34-27)19-13-23(28(42-2)32-15-19)35-43(40,41)25-21(29)4-3-5-22(25)30/h3-7,12-16,35H,8-11H2,1-2H3/b7-6+. The van der Waals surface area contributed by atoms with Gasteiger partial charge in [-0.3, -0.25) is 14.3 Å². The number of aromatic nitrogens is 4. The van der Waals surface area contributed by atoms with E-state index in [-0.39, 0.29) is 23.3 Å². The Kier molecular flexibility index (Phi) is 8.25. The Morgan fingerprint density at radius 3 is 2.30 bits per heavy atom. The van der Waals surface area contributed by atoms with Crippen LogP contribution in [0.1, 0.15) is 6.92 Å². The number of nitrogens with one attached hydrogen (secondary N) is 1. The monoisotopic (exact) mass is 609 g/mol. The molecule has 1 aromatic carbocycles. The minimum Gasteiger partial charge on any atom is -0.480 e. The highest BCUT2D eigenvalue weighted by molar-refractivity contribution is 7.92. The highest BCUT2D eigenvalue weighted by Gasteiger charge is 2.26. The number of rotatable bonds is 8. The second-order valence-corrected chi connectivity index (χ2v) is 11.1. The summed E-state index contributed by atoms with van der Waals surface area (Å²) in [6, 6.07) is 5.92. The lowest BCUT2D eigenvalue weighted by Crippen LogP contribution is -2.48. The number of hydrogen-bond donors (Lipinski definition) is 1. The van der Waals surface area contributed by atoms with Gasteiger partial charge in [-0.05, 0) is 37.3 Å². The van der Waals surface area contributed by atoms with E-state index < -0.39 is 26.6 Å². The average molecular weight is 610 g/mol. The minimum atomic E-state index is -4.69. The number of ketones is 1. The molecule has 5 rings (SSSR count). The number of sulfonamides is 1. The number of pyridine rings is 2. The Bertz CT molecular complexity index is 1840. The van der Waals surface area contributed by atoms with Gasteiger partial charge in [0.2, 0.25) is 11.8 Å². The molecule has 12 nitrogen and oxygen atoms in total. The van der Waals surface area contributed by atoms with Crippen molar-refractivity contribution in [3.05, 3.63) is 72.8 Å². The smallest absolute Gasteiger partial charge is 0.267 e. The Balaban J connectivity index is 1.45. The first kappa shape index (κ1) is 29.4. The van der Waals surface area contributed by atoms with Crippen LogP contribution in [0.4, 0.5) is 20.3 Å². The quantitative estimate of drug-likeness (QED) is 0.296. The van der Waals surface area contributed by atoms with Crippen LogP contribution in [0.3, 0.4) is 0 Å². The fraction of sp³-hybridized carbons (Fsp3) is 0.214. The maximum Gasteiger partial charge on any atom is 0.267 e. The van der Waals surface area contributed by atoms with Crippen LogP contribution in [-0.4, -0.2) is 78.2 Å². The van der Waals surface area contributed by atoms with E-state index >= 15 is 0 Å². The largest absolute Gasteiger partial charge is 0.480 e. The van der Waals surface area contributed by atoms with Crippen molar-refractivity contribution >= 4 is 44.3 Å². The fourth-order valence-electron chi connectivity index (χ4n) is 4.56. The number of ether oxygens (including phenoxy) is 1. The Morgan fingerprint density at radius 1 is 0.953 bits per heavy atom. The van der Waals surface area contributed by atoms with Crippen molar-refractivity contribution in [2.75, 3.05) is 42.9 Å². The number of halogens is 2. The summed E-state index contributed by atoms with van der Waals surface area (Å²) in [6.07, 6.45) is 6.85. The van der Waals surface area contributed by atoms with Crippen LogP contribution in [-0.2, 0) is 19.6 Å². The predicted octanol–water partition coefficient (Wildman–Crippen LogP) is 2.97. The van der Waals surface area contributed by atoms with Crippen molar-refractivity contribution in [3.8, 4) is 17.0 Å². The Hall–Kier alpha value is -5.05. The lowest BCUT2D eigenvalue weighted by atomic mass is 10.1. The van der Waals surface area contributed by atoms with Gasteiger partial charge in [-0.25, -0.2) is 37.1 Å². The molecule has 15 heteroatoms. The van der Waals surface area contributed by atoms with Crippen molar-refractivity contribution in [2.24, 2.45) is 0 Å². The summed E-state index contributed by atoms with van der Waals surface area (Å²) in [7, 11) is -3.42. The molecule has 1 fully saturated rings. The zero-order valence-electron chi connectivity index (χ0n) is 23.0. The molecule has 0 atom stereocenters. The maximum absolute atomic E-state index is 14.3. The highest BCUT2D eigenvalue weighted by atomic mass is 32.2. The molecule has 0 radical (unpaired) electrons. The lowest BCUT2D eigenvalue weighted by Gasteiger charge is -2.35. The maximum atomic E-state index is 14.3. The van der Waals surface area contributed by atoms with Gasteiger partial charge in [0.25, 0.3) is 10.0 Å². The molecule has 0 aliphatic carbocycles. The first-order valence-corrected chi connectivity index (χ1v) is 14.4. The molecule has 1 aliphatic heterocycles. The molecule has 222 valence electrons. The van der Waals surface area contributed by atoms with Crippen LogP contribution in [0, 0.1) is 11.6 Å². The van der Waals surface area contributed by atoms with E-state index in [1.807, 2.05) is 4.90 Å². The second-order valence-electron chi connectivity index (χ2n) is 9.49. The van der Waals surface area contributed by atoms with E-state index in [9.17, 15) is 26.8 Å². The zero-order chi connectivity index (χ0) is 30.7. The number of allylic oxidation sites excluding steroid dienone is 1. The fourth-order valence-corrected chi connectivity index (χ4v) is 5.74. The van der Waals surface area contributed by atoms with Crippen LogP contribution < -0.4 is 14.4 Å². The van der Waals surface area contributed by atoms with Crippen LogP contribution in [0.2, 0.25) is 0 Å². The van der Waals surface area contributed by atoms with Gasteiger partial charge in [0.05, 0.1) is 12.5 Å². The van der Waals surface area contributed by atoms with Crippen molar-refractivity contribution in [1.82, 2.24) is 24.8 Å². The molecule has 0 unspecified atom stereocenters. The molecule has 1 saturated heterocycles. The third kappa shape index (κ3) is 6.25. The Morgan fingerprint density at radius 2 is 1.63 bits per heavy atom. The van der Waals surface area contributed by atoms with Gasteiger partial charge >= 0.3 is 0 Å². The third-order valence-electron chi connectivity index (χ3n) is 6.63. The summed E-state index contributed by atoms with van der Waals surface area (Å²) in [6.45, 7) is 3.14. The average Bonchev–Trinajstić information content (AvgIpc) is 2.99. The molecule has 0 spiro atoms. The van der Waals surface area contributed by atoms with Crippen LogP contribution in [0.15, 0.2) is 66.1 Å². The first-order valence-electron chi connectivity index (χ1n) is 12.9. The summed E-state index contributed by atoms with van der Waals surface area (Å²) in [5, 5.41) is 0.600. The molecule has 1 N–H and O–H groups in total. The number of amides is 1. The van der Waals surface area contributed by atoms with Crippen LogP contribution >= 0.6 is 0 Å². The number of hydrogen-bond acceptors (Lipinski definition) is 10. The Labute approximate surface area is 245 Å². The number of nitrogens with zero attached hydrogens (tertiary/aromatic N) is 6. The molecule has 3 aromatic heterocycles. The van der Waals surface area contributed by atoms with Gasteiger partial charge in [-0.1, -0.05) is 6.07 Å². The van der Waals surface area contributed by atoms with E-state index in [1.54, 1.807) is 11.0 Å². The van der Waals surface area contributed by atoms with E-state index in [0.29, 0.717) is 54.2 Å². The summed E-state index contributed by atoms with van der Waals surface area (Å²) < 4.78 is 61.8. The number of piperazine rings is 1. The molecule has 0 saturated carbocycles. The molecule has 4 heterocycles. The molecular formula is C28H25F2N7O5S. The SMILES string of the molecule is COc1ncc(-c2cnc3ncnc(N4CCN(C(=O)/C=C/C(C)=O)CC4)c3c2)cc1NS(=O)(=O)c1c(F)cccc1F. The number of carbonyl (C=O) groups is 2. The molecule has 1 amide bonds. The van der Waals surface area contributed by atoms with Gasteiger partial charge in [0.1, 0.15) is 29.5 Å². The van der Waals surface area contributed by atoms with Gasteiger partial charge in [0, 0.05) is 55.8 Å². The summed E-state index contributed by atoms with van der Waals surface area (Å²) >= 11 is 0. The highest BCUT2D eigenvalue weighted by Crippen LogP contribution is 2.33. The van der Waals surface area contributed by atoms with Crippen LogP contribution in [0.5, 0.6) is 5.88 Å². The molecule has 4 aromatic rings. The first-order chi connectivity index (χ1) is 20.6. The molecule has 1 aliphatic rings. The number of benzene rings is 1. The van der Waals surface area contributed by atoms with E-state index in [2.05, 4.69) is 24.7 Å². The number of anilines is 2. The van der Waals surface area contributed by atoms with Crippen molar-refractivity contribution in [1.29, 1.82) is 0 Å². The normalized spacial score (nSPS) is 13.9. The summed E-state index contributed by atoms with van der Waals surface area (Å²) in [4.78, 5) is 43.3. The summed E-state index contributed by atoms with van der Waals surface area (Å²) in [5.74, 6) is -2.49. The lowest BCUT2D eigenvalue weighted by molar-refractivity contribution is -0.126. The van der Waals surface area contributed by atoms with E-state index in [0.717, 1.165) is 18.2 Å². The number of fused-ring (bicyclic) bond motifs is 1. The van der Waals surface area contributed by atoms with Crippen molar-refractivity contribution < 1.29 is 31.5 Å². The second kappa shape index (κ2) is 12.1. The number of methoxy groups -OCH3 is 1. The van der Waals surface area contributed by atoms with E-state index in [1.165, 1.54) is 51.0 Å². The molecular weight excluding hydrogens is 584 g/mol. The van der Waals surface area contributed by atoms with Gasteiger partial charge in [-0.15, -0.1) is 0 Å². The minimum absolute atomic E-state index is 0.118. The van der Waals surface area contributed by atoms with Crippen molar-refractivity contribution in [3.63, 3.8) is 0 Å². The number of carbonyl (C=O) groups excluding carboxylic acids is 2.